The Hall–Kier alpha value is -0.900. The minimum Gasteiger partial charge on any atom is -0.211 e. The first-order chi connectivity index (χ1) is 8.01. The van der Waals surface area contributed by atoms with Gasteiger partial charge in [0.2, 0.25) is 10.0 Å². The highest BCUT2D eigenvalue weighted by molar-refractivity contribution is 9.09. The molecule has 1 rings (SSSR count). The molecule has 1 N–H and O–H groups in total. The number of hydrogen-bond donors (Lipinski definition) is 1. The Bertz CT molecular complexity index is 535. The van der Waals surface area contributed by atoms with Crippen molar-refractivity contribution in [1.82, 2.24) is 4.72 Å². The van der Waals surface area contributed by atoms with Gasteiger partial charge in [0.15, 0.2) is 0 Å². The Kier molecular flexibility index (Phi) is 5.12. The molecule has 0 amide bonds. The molecule has 0 aliphatic carbocycles. The fourth-order valence-electron chi connectivity index (χ4n) is 1.29. The van der Waals surface area contributed by atoms with Gasteiger partial charge in [0.25, 0.3) is 0 Å². The van der Waals surface area contributed by atoms with Crippen molar-refractivity contribution in [1.29, 1.82) is 5.26 Å². The first-order valence-corrected chi connectivity index (χ1v) is 7.68. The molecule has 6 heteroatoms. The lowest BCUT2D eigenvalue weighted by Crippen LogP contribution is -2.25. The number of sulfonamides is 1. The SMILES string of the molecule is Cc1cc(S(=O)(=O)NCCCBr)ccc1C#N. The van der Waals surface area contributed by atoms with Gasteiger partial charge < -0.3 is 0 Å². The molecule has 0 spiro atoms. The highest BCUT2D eigenvalue weighted by Crippen LogP contribution is 2.14. The zero-order valence-electron chi connectivity index (χ0n) is 9.40. The number of alkyl halides is 1. The first kappa shape index (κ1) is 14.2. The number of rotatable bonds is 5. The third-order valence-electron chi connectivity index (χ3n) is 2.23. The molecule has 0 bridgehead atoms. The van der Waals surface area contributed by atoms with Crippen molar-refractivity contribution < 1.29 is 8.42 Å². The van der Waals surface area contributed by atoms with Crippen LogP contribution in [0.2, 0.25) is 0 Å². The maximum Gasteiger partial charge on any atom is 0.240 e. The molecule has 0 aliphatic heterocycles. The molecule has 4 nitrogen and oxygen atoms in total. The van der Waals surface area contributed by atoms with E-state index in [1.807, 2.05) is 6.07 Å². The molecule has 17 heavy (non-hydrogen) atoms. The second kappa shape index (κ2) is 6.15. The maximum atomic E-state index is 11.8. The number of aryl methyl sites for hydroxylation is 1. The zero-order valence-corrected chi connectivity index (χ0v) is 11.8. The minimum absolute atomic E-state index is 0.198. The Morgan fingerprint density at radius 3 is 2.71 bits per heavy atom. The van der Waals surface area contributed by atoms with Crippen LogP contribution in [-0.4, -0.2) is 20.3 Å². The number of halogens is 1. The van der Waals surface area contributed by atoms with Gasteiger partial charge in [0.1, 0.15) is 0 Å². The summed E-state index contributed by atoms with van der Waals surface area (Å²) in [6.45, 7) is 2.11. The molecule has 0 aliphatic rings. The first-order valence-electron chi connectivity index (χ1n) is 5.07. The molecule has 0 aromatic heterocycles. The Morgan fingerprint density at radius 1 is 1.47 bits per heavy atom. The quantitative estimate of drug-likeness (QED) is 0.666. The predicted octanol–water partition coefficient (Wildman–Crippen LogP) is 1.93. The average Bonchev–Trinajstić information content (AvgIpc) is 2.29. The summed E-state index contributed by atoms with van der Waals surface area (Å²) in [6.07, 6.45) is 0.731. The van der Waals surface area contributed by atoms with Gasteiger partial charge in [0, 0.05) is 11.9 Å². The van der Waals surface area contributed by atoms with Gasteiger partial charge in [-0.1, -0.05) is 15.9 Å². The summed E-state index contributed by atoms with van der Waals surface area (Å²) in [5, 5.41) is 9.52. The topological polar surface area (TPSA) is 70.0 Å². The van der Waals surface area contributed by atoms with Crippen molar-refractivity contribution in [2.45, 2.75) is 18.2 Å². The number of benzene rings is 1. The van der Waals surface area contributed by atoms with Crippen LogP contribution < -0.4 is 4.72 Å². The maximum absolute atomic E-state index is 11.8. The second-order valence-electron chi connectivity index (χ2n) is 3.53. The monoisotopic (exact) mass is 316 g/mol. The normalized spacial score (nSPS) is 11.1. The van der Waals surface area contributed by atoms with Crippen LogP contribution in [0.1, 0.15) is 17.5 Å². The minimum atomic E-state index is -3.46. The van der Waals surface area contributed by atoms with Gasteiger partial charge in [0.05, 0.1) is 16.5 Å². The molecule has 1 aromatic carbocycles. The van der Waals surface area contributed by atoms with E-state index in [4.69, 9.17) is 5.26 Å². The molecule has 0 heterocycles. The second-order valence-corrected chi connectivity index (χ2v) is 6.09. The summed E-state index contributed by atoms with van der Waals surface area (Å²) >= 11 is 3.23. The van der Waals surface area contributed by atoms with Crippen molar-refractivity contribution in [3.05, 3.63) is 29.3 Å². The zero-order chi connectivity index (χ0) is 12.9. The van der Waals surface area contributed by atoms with Crippen LogP contribution in [0.15, 0.2) is 23.1 Å². The third kappa shape index (κ3) is 3.80. The highest BCUT2D eigenvalue weighted by Gasteiger charge is 2.14. The fourth-order valence-corrected chi connectivity index (χ4v) is 2.72. The molecule has 0 unspecified atom stereocenters. The van der Waals surface area contributed by atoms with Crippen LogP contribution in [0.5, 0.6) is 0 Å². The Morgan fingerprint density at radius 2 is 2.18 bits per heavy atom. The molecule has 0 atom stereocenters. The van der Waals surface area contributed by atoms with Crippen molar-refractivity contribution in [2.75, 3.05) is 11.9 Å². The van der Waals surface area contributed by atoms with Crippen molar-refractivity contribution in [2.24, 2.45) is 0 Å². The Labute approximate surface area is 110 Å². The Balaban J connectivity index is 2.93. The van der Waals surface area contributed by atoms with E-state index in [0.717, 1.165) is 11.8 Å². The number of hydrogen-bond acceptors (Lipinski definition) is 3. The van der Waals surface area contributed by atoms with Crippen molar-refractivity contribution in [3.8, 4) is 6.07 Å². The lowest BCUT2D eigenvalue weighted by molar-refractivity contribution is 0.581. The third-order valence-corrected chi connectivity index (χ3v) is 4.25. The standard InChI is InChI=1S/C11H13BrN2O2S/c1-9-7-11(4-3-10(9)8-13)17(15,16)14-6-2-5-12/h3-4,7,14H,2,5-6H2,1H3. The summed E-state index contributed by atoms with van der Waals surface area (Å²) in [5.74, 6) is 0. The van der Waals surface area contributed by atoms with Gasteiger partial charge in [-0.25, -0.2) is 13.1 Å². The predicted molar refractivity (Wildman–Crippen MR) is 69.5 cm³/mol. The van der Waals surface area contributed by atoms with Crippen LogP contribution in [-0.2, 0) is 10.0 Å². The molecule has 0 saturated carbocycles. The van der Waals surface area contributed by atoms with Crippen LogP contribution in [0.3, 0.4) is 0 Å². The molecular weight excluding hydrogens is 304 g/mol. The summed E-state index contributed by atoms with van der Waals surface area (Å²) in [6, 6.07) is 6.48. The van der Waals surface area contributed by atoms with Gasteiger partial charge in [-0.05, 0) is 37.1 Å². The van der Waals surface area contributed by atoms with Gasteiger partial charge in [-0.2, -0.15) is 5.26 Å². The van der Waals surface area contributed by atoms with Gasteiger partial charge >= 0.3 is 0 Å². The van der Waals surface area contributed by atoms with E-state index in [1.54, 1.807) is 6.92 Å². The van der Waals surface area contributed by atoms with Crippen LogP contribution in [0.4, 0.5) is 0 Å². The molecule has 1 aromatic rings. The summed E-state index contributed by atoms with van der Waals surface area (Å²) < 4.78 is 26.2. The molecule has 0 radical (unpaired) electrons. The van der Waals surface area contributed by atoms with Crippen LogP contribution >= 0.6 is 15.9 Å². The van der Waals surface area contributed by atoms with Crippen LogP contribution in [0, 0.1) is 18.3 Å². The molecule has 0 fully saturated rings. The van der Waals surface area contributed by atoms with E-state index >= 15 is 0 Å². The summed E-state index contributed by atoms with van der Waals surface area (Å²) in [5.41, 5.74) is 1.15. The molecule has 0 saturated heterocycles. The van der Waals surface area contributed by atoms with E-state index in [2.05, 4.69) is 20.7 Å². The van der Waals surface area contributed by atoms with E-state index < -0.39 is 10.0 Å². The van der Waals surface area contributed by atoms with E-state index in [9.17, 15) is 8.42 Å². The number of nitrogens with zero attached hydrogens (tertiary/aromatic N) is 1. The van der Waals surface area contributed by atoms with Gasteiger partial charge in [-0.3, -0.25) is 0 Å². The largest absolute Gasteiger partial charge is 0.240 e. The smallest absolute Gasteiger partial charge is 0.211 e. The van der Waals surface area contributed by atoms with Crippen molar-refractivity contribution >= 4 is 26.0 Å². The molecular formula is C11H13BrN2O2S. The number of nitriles is 1. The number of nitrogens with one attached hydrogen (secondary N) is 1. The molecule has 92 valence electrons. The van der Waals surface area contributed by atoms with E-state index in [1.165, 1.54) is 18.2 Å². The van der Waals surface area contributed by atoms with E-state index in [0.29, 0.717) is 17.7 Å². The van der Waals surface area contributed by atoms with E-state index in [-0.39, 0.29) is 4.90 Å². The highest BCUT2D eigenvalue weighted by atomic mass is 79.9. The van der Waals surface area contributed by atoms with Gasteiger partial charge in [-0.15, -0.1) is 0 Å². The summed E-state index contributed by atoms with van der Waals surface area (Å²) in [4.78, 5) is 0.198. The van der Waals surface area contributed by atoms with Crippen LogP contribution in [0.25, 0.3) is 0 Å². The van der Waals surface area contributed by atoms with Crippen molar-refractivity contribution in [3.63, 3.8) is 0 Å². The average molecular weight is 317 g/mol. The lowest BCUT2D eigenvalue weighted by Gasteiger charge is -2.07. The lowest BCUT2D eigenvalue weighted by atomic mass is 10.1. The fraction of sp³-hybridized carbons (Fsp3) is 0.364. The summed E-state index contributed by atoms with van der Waals surface area (Å²) in [7, 11) is -3.46.